The van der Waals surface area contributed by atoms with Gasteiger partial charge in [0, 0.05) is 24.9 Å². The molecule has 0 saturated heterocycles. The van der Waals surface area contributed by atoms with Crippen molar-refractivity contribution in [1.29, 1.82) is 0 Å². The molecule has 1 aromatic heterocycles. The van der Waals surface area contributed by atoms with Crippen LogP contribution in [0.2, 0.25) is 0 Å². The topological polar surface area (TPSA) is 142 Å². The maximum atomic E-state index is 11.9. The van der Waals surface area contributed by atoms with Crippen LogP contribution in [0.5, 0.6) is 0 Å². The molecule has 0 radical (unpaired) electrons. The van der Waals surface area contributed by atoms with Crippen molar-refractivity contribution in [3.8, 4) is 0 Å². The average molecular weight is 380 g/mol. The largest absolute Gasteiger partial charge is 0.355 e. The Bertz CT molecular complexity index is 561. The smallest absolute Gasteiger partial charge is 0.239 e. The first kappa shape index (κ1) is 22.6. The van der Waals surface area contributed by atoms with E-state index < -0.39 is 17.9 Å². The van der Waals surface area contributed by atoms with Gasteiger partial charge in [-0.3, -0.25) is 14.4 Å². The predicted octanol–water partition coefficient (Wildman–Crippen LogP) is -0.0114. The molecular weight excluding hydrogens is 348 g/mol. The number of amides is 3. The molecule has 0 spiro atoms. The third kappa shape index (κ3) is 11.0. The number of hydrogen-bond acceptors (Lipinski definition) is 5. The molecule has 0 aliphatic heterocycles. The Labute approximate surface area is 160 Å². The standard InChI is InChI=1S/C18H32N6O3/c1-2-3-4-5-6-7-8-21-16(25)11-22-17(26)12-23-18(27)15(19)9-14-10-20-13-24-14/h10,13,15H,2-9,11-12,19H2,1H3,(H,20,24)(H,21,25)(H,22,26)(H,23,27)/t15-/m0/s1. The van der Waals surface area contributed by atoms with Crippen molar-refractivity contribution in [3.05, 3.63) is 18.2 Å². The fourth-order valence-corrected chi connectivity index (χ4v) is 2.46. The molecule has 0 aromatic carbocycles. The van der Waals surface area contributed by atoms with Crippen molar-refractivity contribution >= 4 is 17.7 Å². The molecule has 152 valence electrons. The highest BCUT2D eigenvalue weighted by Gasteiger charge is 2.15. The van der Waals surface area contributed by atoms with E-state index in [0.717, 1.165) is 18.5 Å². The summed E-state index contributed by atoms with van der Waals surface area (Å²) in [6, 6.07) is -0.779. The number of imidazole rings is 1. The van der Waals surface area contributed by atoms with E-state index in [1.807, 2.05) is 0 Å². The number of nitrogens with two attached hydrogens (primary N) is 1. The number of carbonyl (C=O) groups excluding carboxylic acids is 3. The molecule has 0 unspecified atom stereocenters. The van der Waals surface area contributed by atoms with Gasteiger partial charge in [-0.05, 0) is 6.42 Å². The molecule has 1 aromatic rings. The van der Waals surface area contributed by atoms with E-state index in [0.29, 0.717) is 13.0 Å². The summed E-state index contributed by atoms with van der Waals surface area (Å²) in [7, 11) is 0. The second-order valence-electron chi connectivity index (χ2n) is 6.50. The third-order valence-corrected chi connectivity index (χ3v) is 4.05. The molecule has 3 amide bonds. The van der Waals surface area contributed by atoms with Gasteiger partial charge in [0.25, 0.3) is 0 Å². The predicted molar refractivity (Wildman–Crippen MR) is 103 cm³/mol. The average Bonchev–Trinajstić information content (AvgIpc) is 3.16. The minimum atomic E-state index is -0.779. The van der Waals surface area contributed by atoms with E-state index in [1.54, 1.807) is 6.20 Å². The summed E-state index contributed by atoms with van der Waals surface area (Å²) in [4.78, 5) is 41.9. The minimum absolute atomic E-state index is 0.106. The molecule has 1 heterocycles. The first-order valence-electron chi connectivity index (χ1n) is 9.56. The van der Waals surface area contributed by atoms with Crippen molar-refractivity contribution in [3.63, 3.8) is 0 Å². The van der Waals surface area contributed by atoms with Gasteiger partial charge in [-0.25, -0.2) is 4.98 Å². The lowest BCUT2D eigenvalue weighted by atomic mass is 10.1. The minimum Gasteiger partial charge on any atom is -0.355 e. The summed E-state index contributed by atoms with van der Waals surface area (Å²) >= 11 is 0. The SMILES string of the molecule is CCCCCCCCNC(=O)CNC(=O)CNC(=O)[C@@H](N)Cc1cnc[nH]1. The van der Waals surface area contributed by atoms with E-state index in [-0.39, 0.29) is 19.0 Å². The Morgan fingerprint density at radius 2 is 1.70 bits per heavy atom. The van der Waals surface area contributed by atoms with E-state index in [9.17, 15) is 14.4 Å². The Balaban J connectivity index is 2.05. The molecule has 9 nitrogen and oxygen atoms in total. The summed E-state index contributed by atoms with van der Waals surface area (Å²) in [5.74, 6) is -1.11. The molecule has 0 fully saturated rings. The van der Waals surface area contributed by atoms with Gasteiger partial charge < -0.3 is 26.7 Å². The van der Waals surface area contributed by atoms with Gasteiger partial charge in [-0.1, -0.05) is 39.0 Å². The van der Waals surface area contributed by atoms with Crippen LogP contribution < -0.4 is 21.7 Å². The molecular formula is C18H32N6O3. The summed E-state index contributed by atoms with van der Waals surface area (Å²) in [5, 5.41) is 7.69. The second kappa shape index (κ2) is 13.7. The summed E-state index contributed by atoms with van der Waals surface area (Å²) in [6.45, 7) is 2.46. The number of unbranched alkanes of at least 4 members (excludes halogenated alkanes) is 5. The van der Waals surface area contributed by atoms with E-state index in [4.69, 9.17) is 5.73 Å². The van der Waals surface area contributed by atoms with Gasteiger partial charge in [-0.2, -0.15) is 0 Å². The van der Waals surface area contributed by atoms with E-state index in [1.165, 1.54) is 32.0 Å². The molecule has 1 atom stereocenters. The van der Waals surface area contributed by atoms with Gasteiger partial charge >= 0.3 is 0 Å². The van der Waals surface area contributed by atoms with Crippen LogP contribution in [0.25, 0.3) is 0 Å². The van der Waals surface area contributed by atoms with Gasteiger partial charge in [0.1, 0.15) is 0 Å². The number of aromatic nitrogens is 2. The van der Waals surface area contributed by atoms with Crippen molar-refractivity contribution in [2.75, 3.05) is 19.6 Å². The number of carbonyl (C=O) groups is 3. The summed E-state index contributed by atoms with van der Waals surface area (Å²) < 4.78 is 0. The zero-order valence-corrected chi connectivity index (χ0v) is 16.1. The highest BCUT2D eigenvalue weighted by atomic mass is 16.2. The molecule has 0 bridgehead atoms. The van der Waals surface area contributed by atoms with Crippen molar-refractivity contribution in [2.24, 2.45) is 5.73 Å². The van der Waals surface area contributed by atoms with Gasteiger partial charge in [-0.15, -0.1) is 0 Å². The zero-order chi connectivity index (χ0) is 19.9. The highest BCUT2D eigenvalue weighted by Crippen LogP contribution is 2.03. The van der Waals surface area contributed by atoms with Crippen LogP contribution in [0.4, 0.5) is 0 Å². The van der Waals surface area contributed by atoms with Crippen LogP contribution in [0.3, 0.4) is 0 Å². The maximum absolute atomic E-state index is 11.9. The number of nitrogens with zero attached hydrogens (tertiary/aromatic N) is 1. The first-order valence-corrected chi connectivity index (χ1v) is 9.56. The fraction of sp³-hybridized carbons (Fsp3) is 0.667. The first-order chi connectivity index (χ1) is 13.0. The monoisotopic (exact) mass is 380 g/mol. The van der Waals surface area contributed by atoms with Crippen molar-refractivity contribution < 1.29 is 14.4 Å². The highest BCUT2D eigenvalue weighted by molar-refractivity contribution is 5.89. The zero-order valence-electron chi connectivity index (χ0n) is 16.1. The molecule has 9 heteroatoms. The van der Waals surface area contributed by atoms with E-state index >= 15 is 0 Å². The van der Waals surface area contributed by atoms with Crippen LogP contribution in [-0.2, 0) is 20.8 Å². The molecule has 1 rings (SSSR count). The van der Waals surface area contributed by atoms with Crippen LogP contribution in [0, 0.1) is 0 Å². The van der Waals surface area contributed by atoms with Crippen LogP contribution >= 0.6 is 0 Å². The number of hydrogen-bond donors (Lipinski definition) is 5. The Morgan fingerprint density at radius 1 is 1.04 bits per heavy atom. The van der Waals surface area contributed by atoms with Crippen LogP contribution in [0.15, 0.2) is 12.5 Å². The third-order valence-electron chi connectivity index (χ3n) is 4.05. The Morgan fingerprint density at radius 3 is 2.41 bits per heavy atom. The quantitative estimate of drug-likeness (QED) is 0.289. The van der Waals surface area contributed by atoms with Crippen molar-refractivity contribution in [1.82, 2.24) is 25.9 Å². The molecule has 0 aliphatic carbocycles. The number of nitrogens with one attached hydrogen (secondary N) is 4. The molecule has 6 N–H and O–H groups in total. The lowest BCUT2D eigenvalue weighted by Gasteiger charge is -2.11. The summed E-state index contributed by atoms with van der Waals surface area (Å²) in [6.07, 6.45) is 10.3. The van der Waals surface area contributed by atoms with Gasteiger partial charge in [0.2, 0.25) is 17.7 Å². The maximum Gasteiger partial charge on any atom is 0.239 e. The van der Waals surface area contributed by atoms with E-state index in [2.05, 4.69) is 32.8 Å². The second-order valence-corrected chi connectivity index (χ2v) is 6.50. The Kier molecular flexibility index (Phi) is 11.5. The molecule has 27 heavy (non-hydrogen) atoms. The lowest BCUT2D eigenvalue weighted by Crippen LogP contribution is -2.47. The van der Waals surface area contributed by atoms with Crippen LogP contribution in [0.1, 0.15) is 51.1 Å². The van der Waals surface area contributed by atoms with Crippen molar-refractivity contribution in [2.45, 2.75) is 57.9 Å². The number of rotatable bonds is 14. The molecule has 0 aliphatic rings. The van der Waals surface area contributed by atoms with Gasteiger partial charge in [0.15, 0.2) is 0 Å². The summed E-state index contributed by atoms with van der Waals surface area (Å²) in [5.41, 5.74) is 6.51. The van der Waals surface area contributed by atoms with Crippen LogP contribution in [-0.4, -0.2) is 53.4 Å². The lowest BCUT2D eigenvalue weighted by molar-refractivity contribution is -0.128. The fourth-order valence-electron chi connectivity index (χ4n) is 2.46. The number of H-pyrrole nitrogens is 1. The van der Waals surface area contributed by atoms with Gasteiger partial charge in [0.05, 0.1) is 25.5 Å². The Hall–Kier alpha value is -2.42. The molecule has 0 saturated carbocycles. The normalized spacial score (nSPS) is 11.6. The number of aromatic amines is 1.